The minimum Gasteiger partial charge on any atom is -0.497 e. The standard InChI is InChI=1S/C22H25NO4S/c1-14-4-3-9-23(12-14)20(24)13-27-22(25)19-11-16-6-5-15-10-17(26-2)7-8-18(15)21(16)28-19/h7-8,10-11,14H,3-6,9,12-13H2,1-2H3/t14-/m1/s1. The van der Waals surface area contributed by atoms with Crippen LogP contribution in [0.4, 0.5) is 0 Å². The number of likely N-dealkylation sites (tertiary alicyclic amines) is 1. The first kappa shape index (κ1) is 19.0. The van der Waals surface area contributed by atoms with E-state index in [0.717, 1.165) is 55.0 Å². The Morgan fingerprint density at radius 2 is 2.04 bits per heavy atom. The highest BCUT2D eigenvalue weighted by atomic mass is 32.1. The van der Waals surface area contributed by atoms with Crippen LogP contribution in [-0.4, -0.2) is 43.6 Å². The van der Waals surface area contributed by atoms with Crippen LogP contribution in [0.3, 0.4) is 0 Å². The number of piperidine rings is 1. The largest absolute Gasteiger partial charge is 0.497 e. The number of esters is 1. The van der Waals surface area contributed by atoms with Crippen molar-refractivity contribution >= 4 is 23.2 Å². The zero-order valence-electron chi connectivity index (χ0n) is 16.3. The molecule has 148 valence electrons. The molecular weight excluding hydrogens is 374 g/mol. The van der Waals surface area contributed by atoms with Crippen LogP contribution in [0.15, 0.2) is 24.3 Å². The van der Waals surface area contributed by atoms with E-state index >= 15 is 0 Å². The van der Waals surface area contributed by atoms with Crippen LogP contribution in [0.25, 0.3) is 10.4 Å². The van der Waals surface area contributed by atoms with E-state index in [0.29, 0.717) is 10.8 Å². The van der Waals surface area contributed by atoms with Crippen molar-refractivity contribution < 1.29 is 19.1 Å². The van der Waals surface area contributed by atoms with E-state index in [-0.39, 0.29) is 12.5 Å². The second-order valence-electron chi connectivity index (χ2n) is 7.65. The number of fused-ring (bicyclic) bond motifs is 3. The fourth-order valence-electron chi connectivity index (χ4n) is 4.04. The van der Waals surface area contributed by atoms with E-state index in [1.165, 1.54) is 22.5 Å². The molecule has 1 saturated heterocycles. The molecule has 0 bridgehead atoms. The van der Waals surface area contributed by atoms with Crippen molar-refractivity contribution in [3.63, 3.8) is 0 Å². The molecule has 2 heterocycles. The number of thiophene rings is 1. The second kappa shape index (κ2) is 7.95. The van der Waals surface area contributed by atoms with Crippen LogP contribution in [-0.2, 0) is 22.4 Å². The minimum absolute atomic E-state index is 0.0985. The van der Waals surface area contributed by atoms with Crippen molar-refractivity contribution in [2.24, 2.45) is 5.92 Å². The summed E-state index contributed by atoms with van der Waals surface area (Å²) in [4.78, 5) is 28.4. The third kappa shape index (κ3) is 3.78. The zero-order valence-corrected chi connectivity index (χ0v) is 17.1. The number of carbonyl (C=O) groups is 2. The second-order valence-corrected chi connectivity index (χ2v) is 8.70. The molecule has 28 heavy (non-hydrogen) atoms. The van der Waals surface area contributed by atoms with Crippen LogP contribution in [0.1, 0.15) is 40.6 Å². The van der Waals surface area contributed by atoms with Crippen molar-refractivity contribution in [3.8, 4) is 16.2 Å². The lowest BCUT2D eigenvalue weighted by Gasteiger charge is -2.30. The van der Waals surface area contributed by atoms with Crippen molar-refractivity contribution in [3.05, 3.63) is 40.3 Å². The van der Waals surface area contributed by atoms with Crippen LogP contribution in [0.2, 0.25) is 0 Å². The van der Waals surface area contributed by atoms with Crippen molar-refractivity contribution in [1.29, 1.82) is 0 Å². The van der Waals surface area contributed by atoms with Gasteiger partial charge in [-0.1, -0.05) is 6.92 Å². The third-order valence-electron chi connectivity index (χ3n) is 5.57. The molecule has 0 saturated carbocycles. The van der Waals surface area contributed by atoms with Crippen LogP contribution < -0.4 is 4.74 Å². The number of methoxy groups -OCH3 is 1. The first-order valence-electron chi connectivity index (χ1n) is 9.80. The average Bonchev–Trinajstić information content (AvgIpc) is 3.16. The van der Waals surface area contributed by atoms with Gasteiger partial charge in [0.25, 0.3) is 5.91 Å². The summed E-state index contributed by atoms with van der Waals surface area (Å²) < 4.78 is 10.7. The number of ether oxygens (including phenoxy) is 2. The maximum Gasteiger partial charge on any atom is 0.348 e. The summed E-state index contributed by atoms with van der Waals surface area (Å²) in [5.41, 5.74) is 3.57. The molecule has 1 fully saturated rings. The van der Waals surface area contributed by atoms with Gasteiger partial charge in [0.15, 0.2) is 6.61 Å². The van der Waals surface area contributed by atoms with Gasteiger partial charge in [0, 0.05) is 18.0 Å². The fourth-order valence-corrected chi connectivity index (χ4v) is 5.21. The Morgan fingerprint density at radius 3 is 2.82 bits per heavy atom. The normalized spacial score (nSPS) is 18.2. The predicted octanol–water partition coefficient (Wildman–Crippen LogP) is 3.94. The van der Waals surface area contributed by atoms with E-state index in [1.54, 1.807) is 7.11 Å². The van der Waals surface area contributed by atoms with E-state index in [4.69, 9.17) is 9.47 Å². The summed E-state index contributed by atoms with van der Waals surface area (Å²) in [5.74, 6) is 0.853. The van der Waals surface area contributed by atoms with Crippen molar-refractivity contribution in [2.75, 3.05) is 26.8 Å². The van der Waals surface area contributed by atoms with Crippen LogP contribution in [0.5, 0.6) is 5.75 Å². The van der Waals surface area contributed by atoms with E-state index in [2.05, 4.69) is 19.1 Å². The van der Waals surface area contributed by atoms with Gasteiger partial charge >= 0.3 is 5.97 Å². The maximum atomic E-state index is 12.5. The molecule has 6 heteroatoms. The topological polar surface area (TPSA) is 55.8 Å². The summed E-state index contributed by atoms with van der Waals surface area (Å²) in [6.45, 7) is 3.48. The molecule has 0 radical (unpaired) electrons. The number of nitrogens with zero attached hydrogens (tertiary/aromatic N) is 1. The predicted molar refractivity (Wildman–Crippen MR) is 109 cm³/mol. The molecule has 5 nitrogen and oxygen atoms in total. The highest BCUT2D eigenvalue weighted by molar-refractivity contribution is 7.17. The molecule has 1 aromatic heterocycles. The Balaban J connectivity index is 1.43. The van der Waals surface area contributed by atoms with Crippen molar-refractivity contribution in [2.45, 2.75) is 32.6 Å². The molecule has 0 unspecified atom stereocenters. The lowest BCUT2D eigenvalue weighted by Crippen LogP contribution is -2.41. The SMILES string of the molecule is COc1ccc2c(c1)CCc1cc(C(=O)OCC(=O)N3CCC[C@@H](C)C3)sc1-2. The highest BCUT2D eigenvalue weighted by Gasteiger charge is 2.25. The molecule has 1 amide bonds. The Morgan fingerprint density at radius 1 is 1.21 bits per heavy atom. The summed E-state index contributed by atoms with van der Waals surface area (Å²) in [6.07, 6.45) is 3.99. The average molecular weight is 400 g/mol. The summed E-state index contributed by atoms with van der Waals surface area (Å²) in [5, 5.41) is 0. The van der Waals surface area contributed by atoms with Gasteiger partial charge in [0.1, 0.15) is 10.6 Å². The fraction of sp³-hybridized carbons (Fsp3) is 0.455. The highest BCUT2D eigenvalue weighted by Crippen LogP contribution is 2.41. The number of benzene rings is 1. The molecular formula is C22H25NO4S. The van der Waals surface area contributed by atoms with Gasteiger partial charge in [-0.25, -0.2) is 4.79 Å². The smallest absolute Gasteiger partial charge is 0.348 e. The molecule has 0 spiro atoms. The monoisotopic (exact) mass is 399 g/mol. The molecule has 4 rings (SSSR count). The first-order chi connectivity index (χ1) is 13.5. The minimum atomic E-state index is -0.409. The lowest BCUT2D eigenvalue weighted by molar-refractivity contribution is -0.136. The van der Waals surface area contributed by atoms with Crippen LogP contribution in [0, 0.1) is 5.92 Å². The molecule has 0 N–H and O–H groups in total. The maximum absolute atomic E-state index is 12.5. The first-order valence-corrected chi connectivity index (χ1v) is 10.6. The van der Waals surface area contributed by atoms with E-state index in [9.17, 15) is 9.59 Å². The molecule has 1 aromatic carbocycles. The van der Waals surface area contributed by atoms with Gasteiger partial charge in [-0.3, -0.25) is 4.79 Å². The van der Waals surface area contributed by atoms with Gasteiger partial charge in [0.05, 0.1) is 7.11 Å². The molecule has 2 aliphatic rings. The van der Waals surface area contributed by atoms with Gasteiger partial charge < -0.3 is 14.4 Å². The number of rotatable bonds is 4. The number of hydrogen-bond donors (Lipinski definition) is 0. The summed E-state index contributed by atoms with van der Waals surface area (Å²) in [6, 6.07) is 7.99. The van der Waals surface area contributed by atoms with E-state index in [1.807, 2.05) is 17.0 Å². The number of aryl methyl sites for hydroxylation is 2. The van der Waals surface area contributed by atoms with Crippen molar-refractivity contribution in [1.82, 2.24) is 4.90 Å². The third-order valence-corrected chi connectivity index (χ3v) is 6.76. The quantitative estimate of drug-likeness (QED) is 0.731. The van der Waals surface area contributed by atoms with Gasteiger partial charge in [0.2, 0.25) is 0 Å². The Hall–Kier alpha value is -2.34. The molecule has 1 aliphatic heterocycles. The molecule has 2 aromatic rings. The Bertz CT molecular complexity index is 904. The number of amides is 1. The molecule has 1 aliphatic carbocycles. The van der Waals surface area contributed by atoms with Crippen LogP contribution >= 0.6 is 11.3 Å². The summed E-state index contributed by atoms with van der Waals surface area (Å²) in [7, 11) is 1.67. The summed E-state index contributed by atoms with van der Waals surface area (Å²) >= 11 is 1.45. The number of carbonyl (C=O) groups excluding carboxylic acids is 2. The van der Waals surface area contributed by atoms with E-state index < -0.39 is 5.97 Å². The van der Waals surface area contributed by atoms with Gasteiger partial charge in [-0.05, 0) is 72.6 Å². The Labute approximate surface area is 169 Å². The van der Waals surface area contributed by atoms with Gasteiger partial charge in [-0.2, -0.15) is 0 Å². The Kier molecular flexibility index (Phi) is 5.40. The van der Waals surface area contributed by atoms with Gasteiger partial charge in [-0.15, -0.1) is 11.3 Å². The lowest BCUT2D eigenvalue weighted by atomic mass is 9.91. The zero-order chi connectivity index (χ0) is 19.7. The number of hydrogen-bond acceptors (Lipinski definition) is 5. The molecule has 1 atom stereocenters.